The second kappa shape index (κ2) is 13.7. The van der Waals surface area contributed by atoms with E-state index in [9.17, 15) is 14.7 Å². The van der Waals surface area contributed by atoms with Crippen molar-refractivity contribution >= 4 is 12.1 Å². The fourth-order valence-electron chi connectivity index (χ4n) is 3.70. The second-order valence-corrected chi connectivity index (χ2v) is 10.1. The normalized spacial score (nSPS) is 11.8. The first-order chi connectivity index (χ1) is 18.6. The maximum absolute atomic E-state index is 13.1. The van der Waals surface area contributed by atoms with Crippen molar-refractivity contribution in [3.8, 4) is 17.2 Å². The van der Waals surface area contributed by atoms with Crippen LogP contribution in [0.1, 0.15) is 43.6 Å². The largest absolute Gasteiger partial charge is 0.493 e. The number of hydrogen-bond acceptors (Lipinski definition) is 7. The minimum atomic E-state index is -0.980. The molecule has 3 rings (SSSR count). The molecule has 3 aromatic carbocycles. The SMILES string of the molecule is COc1ccc(CCN(CC(O)c2ccc(OC(=O)C(C)(C)C)cc2)C(=O)OCc2ccccc2)cc1OC. The Labute approximate surface area is 230 Å². The third-order valence-electron chi connectivity index (χ3n) is 6.06. The van der Waals surface area contributed by atoms with Crippen molar-refractivity contribution in [2.24, 2.45) is 5.41 Å². The lowest BCUT2D eigenvalue weighted by Crippen LogP contribution is -2.36. The molecule has 1 unspecified atom stereocenters. The quantitative estimate of drug-likeness (QED) is 0.253. The topological polar surface area (TPSA) is 94.5 Å². The molecule has 0 fully saturated rings. The van der Waals surface area contributed by atoms with Gasteiger partial charge in [-0.1, -0.05) is 48.5 Å². The number of hydrogen-bond donors (Lipinski definition) is 1. The van der Waals surface area contributed by atoms with Crippen molar-refractivity contribution < 1.29 is 33.6 Å². The molecule has 0 aliphatic heterocycles. The zero-order chi connectivity index (χ0) is 28.4. The van der Waals surface area contributed by atoms with Crippen LogP contribution in [-0.4, -0.2) is 49.4 Å². The van der Waals surface area contributed by atoms with E-state index in [1.165, 1.54) is 4.90 Å². The highest BCUT2D eigenvalue weighted by atomic mass is 16.6. The van der Waals surface area contributed by atoms with E-state index in [2.05, 4.69) is 0 Å². The fraction of sp³-hybridized carbons (Fsp3) is 0.355. The van der Waals surface area contributed by atoms with E-state index in [-0.39, 0.29) is 19.1 Å². The average molecular weight is 536 g/mol. The minimum absolute atomic E-state index is 0.0159. The van der Waals surface area contributed by atoms with Gasteiger partial charge in [-0.25, -0.2) is 4.79 Å². The van der Waals surface area contributed by atoms with Crippen molar-refractivity contribution in [2.75, 3.05) is 27.3 Å². The Balaban J connectivity index is 1.71. The van der Waals surface area contributed by atoms with Crippen molar-refractivity contribution in [3.05, 3.63) is 89.5 Å². The molecule has 0 heterocycles. The smallest absolute Gasteiger partial charge is 0.410 e. The number of esters is 1. The fourth-order valence-corrected chi connectivity index (χ4v) is 3.70. The lowest BCUT2D eigenvalue weighted by Gasteiger charge is -2.25. The van der Waals surface area contributed by atoms with E-state index in [0.29, 0.717) is 35.8 Å². The van der Waals surface area contributed by atoms with Crippen LogP contribution >= 0.6 is 0 Å². The molecular formula is C31H37NO7. The zero-order valence-electron chi connectivity index (χ0n) is 23.2. The molecule has 0 radical (unpaired) electrons. The number of carbonyl (C=O) groups excluding carboxylic acids is 2. The standard InChI is InChI=1S/C31H37NO7/c1-31(2,3)29(34)39-25-14-12-24(13-15-25)26(33)20-32(30(35)38-21-23-9-7-6-8-10-23)18-17-22-11-16-27(36-4)28(19-22)37-5/h6-16,19,26,33H,17-18,20-21H2,1-5H3. The van der Waals surface area contributed by atoms with E-state index in [1.54, 1.807) is 59.3 Å². The van der Waals surface area contributed by atoms with Gasteiger partial charge in [0.05, 0.1) is 32.3 Å². The van der Waals surface area contributed by atoms with Gasteiger partial charge in [-0.05, 0) is 68.1 Å². The van der Waals surface area contributed by atoms with Gasteiger partial charge in [-0.2, -0.15) is 0 Å². The molecule has 8 nitrogen and oxygen atoms in total. The van der Waals surface area contributed by atoms with Crippen molar-refractivity contribution in [2.45, 2.75) is 39.9 Å². The minimum Gasteiger partial charge on any atom is -0.493 e. The summed E-state index contributed by atoms with van der Waals surface area (Å²) in [5, 5.41) is 11.0. The molecular weight excluding hydrogens is 498 g/mol. The van der Waals surface area contributed by atoms with Crippen LogP contribution in [0, 0.1) is 5.41 Å². The monoisotopic (exact) mass is 535 g/mol. The van der Waals surface area contributed by atoms with Crippen LogP contribution in [-0.2, 0) is 22.6 Å². The highest BCUT2D eigenvalue weighted by Gasteiger charge is 2.24. The second-order valence-electron chi connectivity index (χ2n) is 10.1. The predicted octanol–water partition coefficient (Wildman–Crippen LogP) is 5.57. The van der Waals surface area contributed by atoms with Crippen LogP contribution in [0.4, 0.5) is 4.79 Å². The van der Waals surface area contributed by atoms with Crippen molar-refractivity contribution in [1.82, 2.24) is 4.90 Å². The van der Waals surface area contributed by atoms with Gasteiger partial charge in [0, 0.05) is 6.54 Å². The highest BCUT2D eigenvalue weighted by molar-refractivity contribution is 5.77. The molecule has 1 atom stereocenters. The lowest BCUT2D eigenvalue weighted by atomic mass is 9.97. The number of carbonyl (C=O) groups is 2. The van der Waals surface area contributed by atoms with Crippen LogP contribution in [0.25, 0.3) is 0 Å². The molecule has 8 heteroatoms. The summed E-state index contributed by atoms with van der Waals surface area (Å²) in [6.45, 7) is 5.78. The Morgan fingerprint density at radius 1 is 0.872 bits per heavy atom. The third-order valence-corrected chi connectivity index (χ3v) is 6.06. The summed E-state index contributed by atoms with van der Waals surface area (Å²) >= 11 is 0. The number of aliphatic hydroxyl groups excluding tert-OH is 1. The Morgan fingerprint density at radius 2 is 1.54 bits per heavy atom. The van der Waals surface area contributed by atoms with Gasteiger partial charge in [-0.15, -0.1) is 0 Å². The predicted molar refractivity (Wildman–Crippen MR) is 148 cm³/mol. The molecule has 0 spiro atoms. The molecule has 1 N–H and O–H groups in total. The van der Waals surface area contributed by atoms with Crippen molar-refractivity contribution in [1.29, 1.82) is 0 Å². The van der Waals surface area contributed by atoms with Gasteiger partial charge < -0.3 is 29.0 Å². The molecule has 0 bridgehead atoms. The summed E-state index contributed by atoms with van der Waals surface area (Å²) in [7, 11) is 3.14. The summed E-state index contributed by atoms with van der Waals surface area (Å²) in [5.74, 6) is 1.25. The van der Waals surface area contributed by atoms with Crippen LogP contribution < -0.4 is 14.2 Å². The van der Waals surface area contributed by atoms with Gasteiger partial charge in [0.2, 0.25) is 0 Å². The van der Waals surface area contributed by atoms with E-state index >= 15 is 0 Å². The summed E-state index contributed by atoms with van der Waals surface area (Å²) in [6, 6.07) is 21.6. The van der Waals surface area contributed by atoms with Gasteiger partial charge in [0.1, 0.15) is 12.4 Å². The number of aliphatic hydroxyl groups is 1. The van der Waals surface area contributed by atoms with E-state index in [0.717, 1.165) is 11.1 Å². The molecule has 3 aromatic rings. The van der Waals surface area contributed by atoms with E-state index in [4.69, 9.17) is 18.9 Å². The molecule has 0 saturated carbocycles. The summed E-state index contributed by atoms with van der Waals surface area (Å²) in [5.41, 5.74) is 1.75. The number of rotatable bonds is 11. The molecule has 39 heavy (non-hydrogen) atoms. The summed E-state index contributed by atoms with van der Waals surface area (Å²) < 4.78 is 21.7. The Hall–Kier alpha value is -4.04. The van der Waals surface area contributed by atoms with Crippen molar-refractivity contribution in [3.63, 3.8) is 0 Å². The molecule has 0 aliphatic rings. The maximum Gasteiger partial charge on any atom is 0.410 e. The van der Waals surface area contributed by atoms with Crippen LogP contribution in [0.15, 0.2) is 72.8 Å². The Morgan fingerprint density at radius 3 is 2.15 bits per heavy atom. The number of nitrogens with zero attached hydrogens (tertiary/aromatic N) is 1. The number of methoxy groups -OCH3 is 2. The average Bonchev–Trinajstić information content (AvgIpc) is 2.94. The molecule has 0 aromatic heterocycles. The lowest BCUT2D eigenvalue weighted by molar-refractivity contribution is -0.143. The first-order valence-electron chi connectivity index (χ1n) is 12.8. The number of amides is 1. The zero-order valence-corrected chi connectivity index (χ0v) is 23.2. The molecule has 0 saturated heterocycles. The first kappa shape index (κ1) is 29.5. The first-order valence-corrected chi connectivity index (χ1v) is 12.8. The van der Waals surface area contributed by atoms with E-state index in [1.807, 2.05) is 48.5 Å². The van der Waals surface area contributed by atoms with Gasteiger partial charge in [-0.3, -0.25) is 4.79 Å². The van der Waals surface area contributed by atoms with Crippen LogP contribution in [0.3, 0.4) is 0 Å². The van der Waals surface area contributed by atoms with Gasteiger partial charge >= 0.3 is 12.1 Å². The number of benzene rings is 3. The third kappa shape index (κ3) is 8.75. The highest BCUT2D eigenvalue weighted by Crippen LogP contribution is 2.28. The van der Waals surface area contributed by atoms with Gasteiger partial charge in [0.25, 0.3) is 0 Å². The Bertz CT molecular complexity index is 1220. The van der Waals surface area contributed by atoms with E-state index < -0.39 is 17.6 Å². The number of ether oxygens (including phenoxy) is 4. The van der Waals surface area contributed by atoms with Gasteiger partial charge in [0.15, 0.2) is 11.5 Å². The molecule has 0 aliphatic carbocycles. The molecule has 208 valence electrons. The van der Waals surface area contributed by atoms with Crippen LogP contribution in [0.5, 0.6) is 17.2 Å². The molecule has 1 amide bonds. The maximum atomic E-state index is 13.1. The van der Waals surface area contributed by atoms with Crippen LogP contribution in [0.2, 0.25) is 0 Å². The Kier molecular flexibility index (Phi) is 10.3. The summed E-state index contributed by atoms with van der Waals surface area (Å²) in [4.78, 5) is 26.7. The summed E-state index contributed by atoms with van der Waals surface area (Å²) in [6.07, 6.45) is -1.00.